The van der Waals surface area contributed by atoms with Crippen molar-refractivity contribution in [2.45, 2.75) is 6.42 Å². The number of H-pyrrole nitrogens is 1. The van der Waals surface area contributed by atoms with E-state index in [0.717, 1.165) is 17.9 Å². The molecule has 0 fully saturated rings. The molecule has 0 radical (unpaired) electrons. The largest absolute Gasteiger partial charge is 0.344 e. The maximum absolute atomic E-state index is 3.84. The third kappa shape index (κ3) is 1.47. The summed E-state index contributed by atoms with van der Waals surface area (Å²) in [5.41, 5.74) is 4.15. The summed E-state index contributed by atoms with van der Waals surface area (Å²) >= 11 is 0. The van der Waals surface area contributed by atoms with Gasteiger partial charge in [0.2, 0.25) is 0 Å². The molecule has 1 heterocycles. The van der Waals surface area contributed by atoms with Gasteiger partial charge in [0, 0.05) is 18.2 Å². The van der Waals surface area contributed by atoms with Crippen LogP contribution in [0, 0.1) is 0 Å². The van der Waals surface area contributed by atoms with Crippen molar-refractivity contribution in [1.82, 2.24) is 10.2 Å². The number of nitrogens with zero attached hydrogens (tertiary/aromatic N) is 1. The highest BCUT2D eigenvalue weighted by Crippen LogP contribution is 2.10. The SMILES string of the molecule is C1=CC=C(Nc2ccn[nH]2)CC=1. The molecule has 3 nitrogen and oxygen atoms in total. The van der Waals surface area contributed by atoms with E-state index in [-0.39, 0.29) is 0 Å². The minimum Gasteiger partial charge on any atom is -0.344 e. The molecule has 60 valence electrons. The van der Waals surface area contributed by atoms with E-state index in [1.54, 1.807) is 6.20 Å². The monoisotopic (exact) mass is 159 g/mol. The van der Waals surface area contributed by atoms with Gasteiger partial charge in [0.25, 0.3) is 0 Å². The van der Waals surface area contributed by atoms with Gasteiger partial charge in [-0.15, -0.1) is 5.73 Å². The number of rotatable bonds is 2. The minimum atomic E-state index is 0.898. The Morgan fingerprint density at radius 2 is 2.58 bits per heavy atom. The van der Waals surface area contributed by atoms with Crippen molar-refractivity contribution in [3.05, 3.63) is 41.9 Å². The number of nitrogens with one attached hydrogen (secondary N) is 2. The van der Waals surface area contributed by atoms with Gasteiger partial charge in [-0.1, -0.05) is 0 Å². The van der Waals surface area contributed by atoms with Crippen molar-refractivity contribution in [2.75, 3.05) is 5.32 Å². The second-order valence-corrected chi connectivity index (χ2v) is 2.53. The molecule has 0 unspecified atom stereocenters. The highest BCUT2D eigenvalue weighted by atomic mass is 15.2. The normalized spacial score (nSPS) is 14.5. The molecule has 2 rings (SSSR count). The van der Waals surface area contributed by atoms with Crippen LogP contribution in [0.3, 0.4) is 0 Å². The van der Waals surface area contributed by atoms with E-state index >= 15 is 0 Å². The quantitative estimate of drug-likeness (QED) is 0.646. The molecule has 0 aliphatic heterocycles. The summed E-state index contributed by atoms with van der Waals surface area (Å²) in [5.74, 6) is 0.921. The Labute approximate surface area is 70.5 Å². The Balaban J connectivity index is 2.06. The van der Waals surface area contributed by atoms with Crippen LogP contribution in [0.25, 0.3) is 0 Å². The molecule has 0 saturated carbocycles. The molecule has 3 heteroatoms. The smallest absolute Gasteiger partial charge is 0.125 e. The zero-order valence-electron chi connectivity index (χ0n) is 6.54. The van der Waals surface area contributed by atoms with Crippen molar-refractivity contribution in [3.8, 4) is 0 Å². The van der Waals surface area contributed by atoms with Crippen LogP contribution < -0.4 is 5.32 Å². The number of hydrogen-bond acceptors (Lipinski definition) is 2. The summed E-state index contributed by atoms with van der Waals surface area (Å²) in [4.78, 5) is 0. The molecule has 0 saturated heterocycles. The molecule has 1 aliphatic rings. The second-order valence-electron chi connectivity index (χ2n) is 2.53. The lowest BCUT2D eigenvalue weighted by atomic mass is 10.2. The van der Waals surface area contributed by atoms with Crippen LogP contribution in [0.15, 0.2) is 41.9 Å². The third-order valence-electron chi connectivity index (χ3n) is 1.62. The summed E-state index contributed by atoms with van der Waals surface area (Å²) in [6, 6.07) is 1.89. The molecular formula is C9H9N3. The predicted molar refractivity (Wildman–Crippen MR) is 47.6 cm³/mol. The predicted octanol–water partition coefficient (Wildman–Crippen LogP) is 1.82. The zero-order valence-corrected chi connectivity index (χ0v) is 6.54. The molecule has 1 aromatic heterocycles. The van der Waals surface area contributed by atoms with Gasteiger partial charge >= 0.3 is 0 Å². The van der Waals surface area contributed by atoms with Crippen molar-refractivity contribution in [3.63, 3.8) is 0 Å². The highest BCUT2D eigenvalue weighted by Gasteiger charge is 1.97. The van der Waals surface area contributed by atoms with E-state index in [2.05, 4.69) is 21.2 Å². The molecule has 0 spiro atoms. The number of aromatic amines is 1. The van der Waals surface area contributed by atoms with E-state index in [1.807, 2.05) is 24.3 Å². The lowest BCUT2D eigenvalue weighted by Crippen LogP contribution is -1.99. The lowest BCUT2D eigenvalue weighted by molar-refractivity contribution is 1.08. The van der Waals surface area contributed by atoms with Crippen molar-refractivity contribution in [1.29, 1.82) is 0 Å². The lowest BCUT2D eigenvalue weighted by Gasteiger charge is -2.06. The zero-order chi connectivity index (χ0) is 8.23. The van der Waals surface area contributed by atoms with Crippen LogP contribution in [0.2, 0.25) is 0 Å². The van der Waals surface area contributed by atoms with Crippen molar-refractivity contribution >= 4 is 5.82 Å². The Kier molecular flexibility index (Phi) is 1.80. The molecule has 0 bridgehead atoms. The number of allylic oxidation sites excluding steroid dienone is 2. The molecular weight excluding hydrogens is 150 g/mol. The Hall–Kier alpha value is -1.73. The van der Waals surface area contributed by atoms with Gasteiger partial charge in [-0.05, 0) is 18.2 Å². The van der Waals surface area contributed by atoms with E-state index < -0.39 is 0 Å². The molecule has 1 aliphatic carbocycles. The first-order chi connectivity index (χ1) is 5.95. The van der Waals surface area contributed by atoms with Crippen molar-refractivity contribution < 1.29 is 0 Å². The summed E-state index contributed by atoms with van der Waals surface area (Å²) < 4.78 is 0. The highest BCUT2D eigenvalue weighted by molar-refractivity contribution is 5.42. The maximum Gasteiger partial charge on any atom is 0.125 e. The number of anilines is 1. The summed E-state index contributed by atoms with van der Waals surface area (Å²) in [6.45, 7) is 0. The molecule has 12 heavy (non-hydrogen) atoms. The van der Waals surface area contributed by atoms with Gasteiger partial charge in [-0.25, -0.2) is 0 Å². The fourth-order valence-corrected chi connectivity index (χ4v) is 1.04. The van der Waals surface area contributed by atoms with Gasteiger partial charge < -0.3 is 5.32 Å². The van der Waals surface area contributed by atoms with Gasteiger partial charge in [0.15, 0.2) is 0 Å². The Morgan fingerprint density at radius 1 is 1.58 bits per heavy atom. The van der Waals surface area contributed by atoms with Crippen LogP contribution >= 0.6 is 0 Å². The first-order valence-corrected chi connectivity index (χ1v) is 3.81. The minimum absolute atomic E-state index is 0.898. The van der Waals surface area contributed by atoms with Crippen LogP contribution in [-0.2, 0) is 0 Å². The standard InChI is InChI=1S/C9H9N3/c1-2-4-8(5-3-1)11-9-6-7-10-12-9/h2-4,6-7H,5H2,(H2,10,11,12). The molecule has 0 atom stereocenters. The van der Waals surface area contributed by atoms with Gasteiger partial charge in [0.1, 0.15) is 5.82 Å². The Bertz CT molecular complexity index is 340. The van der Waals surface area contributed by atoms with Gasteiger partial charge in [0.05, 0.1) is 6.20 Å². The summed E-state index contributed by atoms with van der Waals surface area (Å²) in [5, 5.41) is 9.87. The van der Waals surface area contributed by atoms with Crippen molar-refractivity contribution in [2.24, 2.45) is 0 Å². The van der Waals surface area contributed by atoms with Gasteiger partial charge in [-0.3, -0.25) is 5.10 Å². The van der Waals surface area contributed by atoms with E-state index in [4.69, 9.17) is 0 Å². The van der Waals surface area contributed by atoms with E-state index in [0.29, 0.717) is 0 Å². The average Bonchev–Trinajstić information content (AvgIpc) is 2.59. The average molecular weight is 159 g/mol. The van der Waals surface area contributed by atoms with Crippen LogP contribution in [-0.4, -0.2) is 10.2 Å². The first-order valence-electron chi connectivity index (χ1n) is 3.81. The van der Waals surface area contributed by atoms with Crippen LogP contribution in [0.4, 0.5) is 5.82 Å². The fraction of sp³-hybridized carbons (Fsp3) is 0.111. The molecule has 0 amide bonds. The van der Waals surface area contributed by atoms with Gasteiger partial charge in [-0.2, -0.15) is 5.10 Å². The summed E-state index contributed by atoms with van der Waals surface area (Å²) in [6.07, 6.45) is 8.49. The van der Waals surface area contributed by atoms with E-state index in [1.165, 1.54) is 0 Å². The number of hydrogen-bond donors (Lipinski definition) is 2. The molecule has 2 N–H and O–H groups in total. The summed E-state index contributed by atoms with van der Waals surface area (Å²) in [7, 11) is 0. The van der Waals surface area contributed by atoms with E-state index in [9.17, 15) is 0 Å². The molecule has 0 aromatic carbocycles. The topological polar surface area (TPSA) is 40.7 Å². The second kappa shape index (κ2) is 3.11. The fourth-order valence-electron chi connectivity index (χ4n) is 1.04. The third-order valence-corrected chi connectivity index (χ3v) is 1.62. The Morgan fingerprint density at radius 3 is 3.25 bits per heavy atom. The number of aromatic nitrogens is 2. The van der Waals surface area contributed by atoms with Crippen LogP contribution in [0.1, 0.15) is 6.42 Å². The first kappa shape index (κ1) is 6.95. The molecule has 1 aromatic rings. The maximum atomic E-state index is 3.84. The van der Waals surface area contributed by atoms with Crippen LogP contribution in [0.5, 0.6) is 0 Å².